The second-order valence-electron chi connectivity index (χ2n) is 6.01. The number of rotatable bonds is 3. The van der Waals surface area contributed by atoms with Crippen LogP contribution in [0.2, 0.25) is 0 Å². The predicted molar refractivity (Wildman–Crippen MR) is 88.4 cm³/mol. The van der Waals surface area contributed by atoms with Gasteiger partial charge in [0.1, 0.15) is 11.5 Å². The topological polar surface area (TPSA) is 31.4 Å². The van der Waals surface area contributed by atoms with Crippen LogP contribution in [0.3, 0.4) is 0 Å². The molecule has 0 aliphatic heterocycles. The lowest BCUT2D eigenvalue weighted by atomic mass is 9.86. The fraction of sp³-hybridized carbons (Fsp3) is 0.353. The van der Waals surface area contributed by atoms with Crippen molar-refractivity contribution in [1.29, 1.82) is 0 Å². The molecular weight excluding hydrogens is 330 g/mol. The lowest BCUT2D eigenvalue weighted by molar-refractivity contribution is 0.405. The first-order chi connectivity index (χ1) is 9.81. The van der Waals surface area contributed by atoms with Crippen molar-refractivity contribution in [2.45, 2.75) is 33.1 Å². The summed E-state index contributed by atoms with van der Waals surface area (Å²) in [4.78, 5) is 4.34. The van der Waals surface area contributed by atoms with Crippen LogP contribution in [-0.4, -0.2) is 12.1 Å². The lowest BCUT2D eigenvalue weighted by Crippen LogP contribution is -2.13. The van der Waals surface area contributed by atoms with Gasteiger partial charge in [-0.25, -0.2) is 4.98 Å². The van der Waals surface area contributed by atoms with Crippen molar-refractivity contribution in [3.8, 4) is 17.4 Å². The second kappa shape index (κ2) is 6.06. The van der Waals surface area contributed by atoms with Gasteiger partial charge in [0.25, 0.3) is 0 Å². The van der Waals surface area contributed by atoms with E-state index in [1.54, 1.807) is 13.3 Å². The highest BCUT2D eigenvalue weighted by molar-refractivity contribution is 9.10. The van der Waals surface area contributed by atoms with E-state index < -0.39 is 0 Å². The molecule has 0 aliphatic rings. The van der Waals surface area contributed by atoms with Gasteiger partial charge in [0.05, 0.1) is 11.6 Å². The van der Waals surface area contributed by atoms with E-state index in [9.17, 15) is 0 Å². The van der Waals surface area contributed by atoms with E-state index in [-0.39, 0.29) is 5.41 Å². The molecule has 0 radical (unpaired) electrons. The number of aryl methyl sites for hydroxylation is 1. The third kappa shape index (κ3) is 3.76. The van der Waals surface area contributed by atoms with Gasteiger partial charge in [-0.1, -0.05) is 20.8 Å². The average Bonchev–Trinajstić information content (AvgIpc) is 2.41. The van der Waals surface area contributed by atoms with Crippen molar-refractivity contribution in [3.05, 3.63) is 46.1 Å². The molecule has 0 fully saturated rings. The summed E-state index contributed by atoms with van der Waals surface area (Å²) in [6.45, 7) is 8.43. The smallest absolute Gasteiger partial charge is 0.233 e. The van der Waals surface area contributed by atoms with Gasteiger partial charge in [0.2, 0.25) is 5.88 Å². The molecule has 1 aromatic heterocycles. The Morgan fingerprint density at radius 1 is 1.14 bits per heavy atom. The van der Waals surface area contributed by atoms with Crippen LogP contribution in [0, 0.1) is 6.92 Å². The minimum Gasteiger partial charge on any atom is -0.497 e. The molecule has 0 bridgehead atoms. The Morgan fingerprint density at radius 3 is 2.43 bits per heavy atom. The molecule has 0 N–H and O–H groups in total. The van der Waals surface area contributed by atoms with Crippen LogP contribution >= 0.6 is 15.9 Å². The van der Waals surface area contributed by atoms with Gasteiger partial charge in [-0.2, -0.15) is 0 Å². The summed E-state index contributed by atoms with van der Waals surface area (Å²) in [5.41, 5.74) is 2.11. The molecule has 0 unspecified atom stereocenters. The Bertz CT molecular complexity index is 648. The predicted octanol–water partition coefficient (Wildman–Crippen LogP) is 5.25. The van der Waals surface area contributed by atoms with Crippen LogP contribution in [0.25, 0.3) is 0 Å². The first-order valence-corrected chi connectivity index (χ1v) is 7.59. The molecule has 0 spiro atoms. The third-order valence-corrected chi connectivity index (χ3v) is 3.71. The van der Waals surface area contributed by atoms with E-state index in [0.29, 0.717) is 5.88 Å². The normalized spacial score (nSPS) is 11.3. The monoisotopic (exact) mass is 349 g/mol. The van der Waals surface area contributed by atoms with E-state index in [1.165, 1.54) is 0 Å². The lowest BCUT2D eigenvalue weighted by Gasteiger charge is -2.23. The molecule has 4 heteroatoms. The van der Waals surface area contributed by atoms with Crippen LogP contribution in [0.5, 0.6) is 17.4 Å². The van der Waals surface area contributed by atoms with E-state index in [0.717, 1.165) is 27.1 Å². The molecule has 0 aliphatic carbocycles. The van der Waals surface area contributed by atoms with Crippen molar-refractivity contribution in [2.24, 2.45) is 0 Å². The molecule has 0 amide bonds. The third-order valence-electron chi connectivity index (χ3n) is 3.15. The summed E-state index contributed by atoms with van der Waals surface area (Å²) < 4.78 is 12.2. The number of pyridine rings is 1. The summed E-state index contributed by atoms with van der Waals surface area (Å²) in [5.74, 6) is 2.18. The molecular formula is C17H20BrNO2. The van der Waals surface area contributed by atoms with Gasteiger partial charge in [-0.3, -0.25) is 0 Å². The van der Waals surface area contributed by atoms with Gasteiger partial charge in [-0.05, 0) is 58.1 Å². The van der Waals surface area contributed by atoms with Crippen LogP contribution < -0.4 is 9.47 Å². The van der Waals surface area contributed by atoms with Gasteiger partial charge in [0, 0.05) is 11.8 Å². The van der Waals surface area contributed by atoms with Crippen molar-refractivity contribution in [1.82, 2.24) is 4.98 Å². The maximum Gasteiger partial charge on any atom is 0.233 e. The fourth-order valence-corrected chi connectivity index (χ4v) is 2.56. The second-order valence-corrected chi connectivity index (χ2v) is 6.87. The Labute approximate surface area is 134 Å². The molecule has 0 atom stereocenters. The Hall–Kier alpha value is -1.55. The van der Waals surface area contributed by atoms with Crippen molar-refractivity contribution < 1.29 is 9.47 Å². The van der Waals surface area contributed by atoms with Crippen molar-refractivity contribution in [3.63, 3.8) is 0 Å². The van der Waals surface area contributed by atoms with Crippen LogP contribution in [0.15, 0.2) is 34.9 Å². The Morgan fingerprint density at radius 2 is 1.86 bits per heavy atom. The first-order valence-electron chi connectivity index (χ1n) is 6.80. The number of aromatic nitrogens is 1. The van der Waals surface area contributed by atoms with Crippen molar-refractivity contribution in [2.75, 3.05) is 7.11 Å². The van der Waals surface area contributed by atoms with Crippen LogP contribution in [0.4, 0.5) is 0 Å². The van der Waals surface area contributed by atoms with Crippen molar-refractivity contribution >= 4 is 15.9 Å². The van der Waals surface area contributed by atoms with Gasteiger partial charge in [-0.15, -0.1) is 0 Å². The molecule has 1 aromatic carbocycles. The van der Waals surface area contributed by atoms with Crippen LogP contribution in [-0.2, 0) is 5.41 Å². The highest BCUT2D eigenvalue weighted by atomic mass is 79.9. The van der Waals surface area contributed by atoms with Gasteiger partial charge >= 0.3 is 0 Å². The number of nitrogens with zero attached hydrogens (tertiary/aromatic N) is 1. The van der Waals surface area contributed by atoms with Gasteiger partial charge in [0.15, 0.2) is 0 Å². The standard InChI is InChI=1S/C17H20BrNO2/c1-11-8-14(18)16(19-10-11)21-15-7-6-12(20-5)9-13(15)17(2,3)4/h6-10H,1-5H3. The van der Waals surface area contributed by atoms with E-state index in [1.807, 2.05) is 31.2 Å². The Balaban J connectivity index is 2.44. The molecule has 1 heterocycles. The molecule has 3 nitrogen and oxygen atoms in total. The zero-order chi connectivity index (χ0) is 15.6. The number of ether oxygens (including phenoxy) is 2. The largest absolute Gasteiger partial charge is 0.497 e. The summed E-state index contributed by atoms with van der Waals surface area (Å²) in [6.07, 6.45) is 1.79. The number of benzene rings is 1. The molecule has 21 heavy (non-hydrogen) atoms. The molecule has 0 saturated carbocycles. The summed E-state index contributed by atoms with van der Waals surface area (Å²) in [7, 11) is 1.67. The molecule has 112 valence electrons. The minimum atomic E-state index is -0.0545. The summed E-state index contributed by atoms with van der Waals surface area (Å²) >= 11 is 3.50. The summed E-state index contributed by atoms with van der Waals surface area (Å²) in [6, 6.07) is 7.82. The number of hydrogen-bond acceptors (Lipinski definition) is 3. The SMILES string of the molecule is COc1ccc(Oc2ncc(C)cc2Br)c(C(C)(C)C)c1. The molecule has 2 rings (SSSR count). The maximum absolute atomic E-state index is 6.01. The van der Waals surface area contributed by atoms with E-state index in [4.69, 9.17) is 9.47 Å². The highest BCUT2D eigenvalue weighted by Crippen LogP contribution is 2.37. The quantitative estimate of drug-likeness (QED) is 0.758. The van der Waals surface area contributed by atoms with E-state index >= 15 is 0 Å². The minimum absolute atomic E-state index is 0.0545. The number of methoxy groups -OCH3 is 1. The number of hydrogen-bond donors (Lipinski definition) is 0. The molecule has 2 aromatic rings. The fourth-order valence-electron chi connectivity index (χ4n) is 2.01. The summed E-state index contributed by atoms with van der Waals surface area (Å²) in [5, 5.41) is 0. The zero-order valence-electron chi connectivity index (χ0n) is 13.0. The average molecular weight is 350 g/mol. The van der Waals surface area contributed by atoms with Crippen LogP contribution in [0.1, 0.15) is 31.9 Å². The molecule has 0 saturated heterocycles. The van der Waals surface area contributed by atoms with Gasteiger partial charge < -0.3 is 9.47 Å². The number of halogens is 1. The zero-order valence-corrected chi connectivity index (χ0v) is 14.6. The maximum atomic E-state index is 6.01. The highest BCUT2D eigenvalue weighted by Gasteiger charge is 2.21. The Kier molecular flexibility index (Phi) is 4.57. The van der Waals surface area contributed by atoms with E-state index in [2.05, 4.69) is 41.7 Å². The first kappa shape index (κ1) is 15.8.